The molecule has 0 fully saturated rings. The summed E-state index contributed by atoms with van der Waals surface area (Å²) in [6.07, 6.45) is 1.87. The lowest BCUT2D eigenvalue weighted by molar-refractivity contribution is 0.0964. The second-order valence-electron chi connectivity index (χ2n) is 6.75. The standard InChI is InChI=1S/C24H21N3O2/c1-25-23(28)19-12-5-7-13-21(19)26-24(29)20-16-27(15-17-9-3-2-4-10-17)22-14-8-6-11-18(20)22/h2-14,16H,15H2,1H3,(H,25,28)(H,26,29). The van der Waals surface area contributed by atoms with Crippen LogP contribution < -0.4 is 10.6 Å². The van der Waals surface area contributed by atoms with Crippen LogP contribution in [0.15, 0.2) is 85.1 Å². The SMILES string of the molecule is CNC(=O)c1ccccc1NC(=O)c1cn(Cc2ccccc2)c2ccccc12. The van der Waals surface area contributed by atoms with Gasteiger partial charge >= 0.3 is 0 Å². The molecular weight excluding hydrogens is 362 g/mol. The average molecular weight is 383 g/mol. The zero-order valence-corrected chi connectivity index (χ0v) is 16.1. The Balaban J connectivity index is 1.70. The van der Waals surface area contributed by atoms with Crippen molar-refractivity contribution in [3.05, 3.63) is 102 Å². The summed E-state index contributed by atoms with van der Waals surface area (Å²) in [5.74, 6) is -0.489. The number of hydrogen-bond donors (Lipinski definition) is 2. The van der Waals surface area contributed by atoms with Crippen LogP contribution in [0.1, 0.15) is 26.3 Å². The van der Waals surface area contributed by atoms with Crippen molar-refractivity contribution in [2.75, 3.05) is 12.4 Å². The fourth-order valence-electron chi connectivity index (χ4n) is 3.45. The second kappa shape index (κ2) is 8.02. The first-order valence-corrected chi connectivity index (χ1v) is 9.41. The molecule has 5 heteroatoms. The molecule has 4 rings (SSSR count). The molecule has 0 aliphatic heterocycles. The Morgan fingerprint density at radius 3 is 2.28 bits per heavy atom. The van der Waals surface area contributed by atoms with Gasteiger partial charge < -0.3 is 15.2 Å². The van der Waals surface area contributed by atoms with Crippen LogP contribution in [-0.4, -0.2) is 23.4 Å². The molecule has 5 nitrogen and oxygen atoms in total. The van der Waals surface area contributed by atoms with Gasteiger partial charge in [-0.15, -0.1) is 0 Å². The average Bonchev–Trinajstić information content (AvgIpc) is 3.13. The van der Waals surface area contributed by atoms with E-state index in [1.54, 1.807) is 31.3 Å². The molecule has 0 unspecified atom stereocenters. The van der Waals surface area contributed by atoms with E-state index in [-0.39, 0.29) is 11.8 Å². The number of nitrogens with one attached hydrogen (secondary N) is 2. The first kappa shape index (κ1) is 18.5. The molecule has 3 aromatic carbocycles. The van der Waals surface area contributed by atoms with Crippen LogP contribution in [-0.2, 0) is 6.54 Å². The maximum Gasteiger partial charge on any atom is 0.257 e. The highest BCUT2D eigenvalue weighted by molar-refractivity contribution is 6.14. The quantitative estimate of drug-likeness (QED) is 0.540. The summed E-state index contributed by atoms with van der Waals surface area (Å²) in [7, 11) is 1.57. The molecule has 2 N–H and O–H groups in total. The topological polar surface area (TPSA) is 63.1 Å². The van der Waals surface area contributed by atoms with Crippen molar-refractivity contribution < 1.29 is 9.59 Å². The molecule has 144 valence electrons. The van der Waals surface area contributed by atoms with Crippen molar-refractivity contribution in [3.8, 4) is 0 Å². The van der Waals surface area contributed by atoms with E-state index in [0.717, 1.165) is 16.5 Å². The van der Waals surface area contributed by atoms with Crippen molar-refractivity contribution in [1.29, 1.82) is 0 Å². The van der Waals surface area contributed by atoms with Gasteiger partial charge in [0.25, 0.3) is 11.8 Å². The highest BCUT2D eigenvalue weighted by Gasteiger charge is 2.17. The fraction of sp³-hybridized carbons (Fsp3) is 0.0833. The first-order valence-electron chi connectivity index (χ1n) is 9.41. The lowest BCUT2D eigenvalue weighted by Crippen LogP contribution is -2.21. The summed E-state index contributed by atoms with van der Waals surface area (Å²) in [6.45, 7) is 0.670. The van der Waals surface area contributed by atoms with Crippen molar-refractivity contribution >= 4 is 28.4 Å². The normalized spacial score (nSPS) is 10.7. The molecule has 0 aliphatic rings. The van der Waals surface area contributed by atoms with E-state index >= 15 is 0 Å². The van der Waals surface area contributed by atoms with Crippen LogP contribution in [0.2, 0.25) is 0 Å². The maximum atomic E-state index is 13.1. The Hall–Kier alpha value is -3.86. The Labute approximate surface area is 169 Å². The van der Waals surface area contributed by atoms with Crippen LogP contribution in [0.3, 0.4) is 0 Å². The van der Waals surface area contributed by atoms with Crippen molar-refractivity contribution in [1.82, 2.24) is 9.88 Å². The third-order valence-electron chi connectivity index (χ3n) is 4.88. The highest BCUT2D eigenvalue weighted by Crippen LogP contribution is 2.24. The summed E-state index contributed by atoms with van der Waals surface area (Å²) in [5.41, 5.74) is 3.63. The largest absolute Gasteiger partial charge is 0.355 e. The molecule has 0 spiro atoms. The number of hydrogen-bond acceptors (Lipinski definition) is 2. The highest BCUT2D eigenvalue weighted by atomic mass is 16.2. The molecule has 0 bridgehead atoms. The van der Waals surface area contributed by atoms with E-state index in [0.29, 0.717) is 23.4 Å². The van der Waals surface area contributed by atoms with Crippen LogP contribution in [0.5, 0.6) is 0 Å². The third-order valence-corrected chi connectivity index (χ3v) is 4.88. The third kappa shape index (κ3) is 3.75. The van der Waals surface area contributed by atoms with E-state index < -0.39 is 0 Å². The molecule has 2 amide bonds. The molecule has 0 atom stereocenters. The van der Waals surface area contributed by atoms with Gasteiger partial charge in [-0.05, 0) is 23.8 Å². The van der Waals surface area contributed by atoms with Gasteiger partial charge in [0.15, 0.2) is 0 Å². The molecule has 0 saturated heterocycles. The Morgan fingerprint density at radius 1 is 0.793 bits per heavy atom. The molecular formula is C24H21N3O2. The molecule has 0 radical (unpaired) electrons. The summed E-state index contributed by atoms with van der Waals surface area (Å²) in [4.78, 5) is 25.2. The van der Waals surface area contributed by atoms with Gasteiger partial charge in [0.05, 0.1) is 16.8 Å². The second-order valence-corrected chi connectivity index (χ2v) is 6.75. The van der Waals surface area contributed by atoms with Gasteiger partial charge in [0, 0.05) is 30.7 Å². The van der Waals surface area contributed by atoms with Crippen LogP contribution >= 0.6 is 0 Å². The zero-order valence-electron chi connectivity index (χ0n) is 16.1. The number of anilines is 1. The van der Waals surface area contributed by atoms with Gasteiger partial charge in [0.2, 0.25) is 0 Å². The number of benzene rings is 3. The molecule has 1 heterocycles. The minimum absolute atomic E-state index is 0.243. The summed E-state index contributed by atoms with van der Waals surface area (Å²) in [6, 6.07) is 24.9. The van der Waals surface area contributed by atoms with Gasteiger partial charge in [0.1, 0.15) is 0 Å². The van der Waals surface area contributed by atoms with Crippen molar-refractivity contribution in [3.63, 3.8) is 0 Å². The van der Waals surface area contributed by atoms with Crippen LogP contribution in [0.25, 0.3) is 10.9 Å². The number of amides is 2. The molecule has 4 aromatic rings. The van der Waals surface area contributed by atoms with Gasteiger partial charge in [-0.2, -0.15) is 0 Å². The van der Waals surface area contributed by atoms with Gasteiger partial charge in [-0.25, -0.2) is 0 Å². The molecule has 0 saturated carbocycles. The molecule has 29 heavy (non-hydrogen) atoms. The Kier molecular flexibility index (Phi) is 5.12. The Morgan fingerprint density at radius 2 is 1.48 bits per heavy atom. The van der Waals surface area contributed by atoms with E-state index in [9.17, 15) is 9.59 Å². The number of fused-ring (bicyclic) bond motifs is 1. The summed E-state index contributed by atoms with van der Waals surface area (Å²) >= 11 is 0. The molecule has 0 aliphatic carbocycles. The molecule has 1 aromatic heterocycles. The minimum Gasteiger partial charge on any atom is -0.355 e. The van der Waals surface area contributed by atoms with E-state index in [2.05, 4.69) is 27.3 Å². The van der Waals surface area contributed by atoms with E-state index in [4.69, 9.17) is 0 Å². The predicted octanol–water partition coefficient (Wildman–Crippen LogP) is 4.30. The van der Waals surface area contributed by atoms with Gasteiger partial charge in [-0.1, -0.05) is 60.7 Å². The van der Waals surface area contributed by atoms with Crippen molar-refractivity contribution in [2.45, 2.75) is 6.54 Å². The summed E-state index contributed by atoms with van der Waals surface area (Å²) < 4.78 is 2.07. The van der Waals surface area contributed by atoms with E-state index in [1.807, 2.05) is 48.7 Å². The lowest BCUT2D eigenvalue weighted by Gasteiger charge is -2.09. The lowest BCUT2D eigenvalue weighted by atomic mass is 10.1. The van der Waals surface area contributed by atoms with Crippen molar-refractivity contribution in [2.24, 2.45) is 0 Å². The van der Waals surface area contributed by atoms with Crippen LogP contribution in [0, 0.1) is 0 Å². The number of carbonyl (C=O) groups is 2. The first-order chi connectivity index (χ1) is 14.2. The minimum atomic E-state index is -0.246. The fourth-order valence-corrected chi connectivity index (χ4v) is 3.45. The Bertz CT molecular complexity index is 1180. The van der Waals surface area contributed by atoms with Gasteiger partial charge in [-0.3, -0.25) is 9.59 Å². The predicted molar refractivity (Wildman–Crippen MR) is 115 cm³/mol. The number of aromatic nitrogens is 1. The summed E-state index contributed by atoms with van der Waals surface area (Å²) in [5, 5.41) is 6.37. The number of nitrogens with zero attached hydrogens (tertiary/aromatic N) is 1. The van der Waals surface area contributed by atoms with E-state index in [1.165, 1.54) is 0 Å². The number of rotatable bonds is 5. The monoisotopic (exact) mass is 383 g/mol. The zero-order chi connectivity index (χ0) is 20.2. The number of para-hydroxylation sites is 2. The van der Waals surface area contributed by atoms with Crippen LogP contribution in [0.4, 0.5) is 5.69 Å². The number of carbonyl (C=O) groups excluding carboxylic acids is 2. The smallest absolute Gasteiger partial charge is 0.257 e. The maximum absolute atomic E-state index is 13.1.